The number of benzene rings is 1. The van der Waals surface area contributed by atoms with E-state index in [0.29, 0.717) is 5.56 Å². The summed E-state index contributed by atoms with van der Waals surface area (Å²) in [5, 5.41) is 3.17. The van der Waals surface area contributed by atoms with Gasteiger partial charge in [0.15, 0.2) is 0 Å². The molecule has 0 saturated carbocycles. The first-order chi connectivity index (χ1) is 9.66. The largest absolute Gasteiger partial charge is 0.345 e. The van der Waals surface area contributed by atoms with Gasteiger partial charge in [-0.3, -0.25) is 4.79 Å². The summed E-state index contributed by atoms with van der Waals surface area (Å²) in [5.41, 5.74) is 2.86. The second-order valence-corrected chi connectivity index (χ2v) is 5.67. The van der Waals surface area contributed by atoms with E-state index in [2.05, 4.69) is 11.1 Å². The number of amides is 1. The third-order valence-corrected chi connectivity index (χ3v) is 4.02. The van der Waals surface area contributed by atoms with Gasteiger partial charge in [-0.2, -0.15) is 0 Å². The van der Waals surface area contributed by atoms with Crippen LogP contribution in [0, 0.1) is 0 Å². The summed E-state index contributed by atoms with van der Waals surface area (Å²) < 4.78 is 0. The standard InChI is InChI=1S/C16H14N2OS/c1-18(2)16(19)12-5-3-4-11(10-12)13-6-8-17-15-14(13)7-9-20-15/h3-10H,1-2H3. The molecule has 2 aromatic heterocycles. The molecule has 20 heavy (non-hydrogen) atoms. The molecule has 0 N–H and O–H groups in total. The maximum atomic E-state index is 12.1. The van der Waals surface area contributed by atoms with Crippen LogP contribution in [-0.4, -0.2) is 29.9 Å². The Morgan fingerprint density at radius 3 is 2.85 bits per heavy atom. The summed E-state index contributed by atoms with van der Waals surface area (Å²) >= 11 is 1.63. The maximum Gasteiger partial charge on any atom is 0.253 e. The summed E-state index contributed by atoms with van der Waals surface area (Å²) in [7, 11) is 3.52. The van der Waals surface area contributed by atoms with Crippen LogP contribution in [0.5, 0.6) is 0 Å². The molecule has 0 spiro atoms. The lowest BCUT2D eigenvalue weighted by molar-refractivity contribution is 0.0827. The zero-order chi connectivity index (χ0) is 14.1. The molecule has 0 aliphatic carbocycles. The second kappa shape index (κ2) is 5.06. The van der Waals surface area contributed by atoms with Gasteiger partial charge in [-0.1, -0.05) is 12.1 Å². The van der Waals surface area contributed by atoms with Crippen molar-refractivity contribution in [2.24, 2.45) is 0 Å². The molecule has 0 atom stereocenters. The molecule has 0 saturated heterocycles. The first kappa shape index (κ1) is 12.8. The van der Waals surface area contributed by atoms with Gasteiger partial charge in [-0.15, -0.1) is 11.3 Å². The Bertz CT molecular complexity index is 777. The summed E-state index contributed by atoms with van der Waals surface area (Å²) in [5.74, 6) is 0.0162. The lowest BCUT2D eigenvalue weighted by Crippen LogP contribution is -2.21. The van der Waals surface area contributed by atoms with E-state index in [-0.39, 0.29) is 5.91 Å². The molecule has 3 aromatic rings. The predicted octanol–water partition coefficient (Wildman–Crippen LogP) is 3.67. The Labute approximate surface area is 121 Å². The van der Waals surface area contributed by atoms with E-state index >= 15 is 0 Å². The molecule has 4 heteroatoms. The van der Waals surface area contributed by atoms with E-state index in [0.717, 1.165) is 21.3 Å². The topological polar surface area (TPSA) is 33.2 Å². The summed E-state index contributed by atoms with van der Waals surface area (Å²) in [6.45, 7) is 0. The fourth-order valence-electron chi connectivity index (χ4n) is 2.21. The molecular weight excluding hydrogens is 268 g/mol. The Morgan fingerprint density at radius 2 is 2.05 bits per heavy atom. The number of fused-ring (bicyclic) bond motifs is 1. The van der Waals surface area contributed by atoms with Gasteiger partial charge in [0.1, 0.15) is 4.83 Å². The van der Waals surface area contributed by atoms with Crippen molar-refractivity contribution in [2.75, 3.05) is 14.1 Å². The van der Waals surface area contributed by atoms with Gasteiger partial charge in [0.2, 0.25) is 0 Å². The maximum absolute atomic E-state index is 12.1. The Morgan fingerprint density at radius 1 is 1.20 bits per heavy atom. The molecule has 2 heterocycles. The number of hydrogen-bond acceptors (Lipinski definition) is 3. The zero-order valence-corrected chi connectivity index (χ0v) is 12.1. The van der Waals surface area contributed by atoms with Crippen LogP contribution in [-0.2, 0) is 0 Å². The SMILES string of the molecule is CN(C)C(=O)c1cccc(-c2ccnc3sccc23)c1. The van der Waals surface area contributed by atoms with E-state index in [9.17, 15) is 4.79 Å². The molecule has 0 aliphatic rings. The molecule has 0 aliphatic heterocycles. The van der Waals surface area contributed by atoms with Crippen molar-refractivity contribution >= 4 is 27.5 Å². The van der Waals surface area contributed by atoms with Crippen LogP contribution in [0.4, 0.5) is 0 Å². The number of aromatic nitrogens is 1. The van der Waals surface area contributed by atoms with E-state index in [4.69, 9.17) is 0 Å². The molecule has 3 rings (SSSR count). The summed E-state index contributed by atoms with van der Waals surface area (Å²) in [6, 6.07) is 11.8. The third kappa shape index (κ3) is 2.18. The van der Waals surface area contributed by atoms with Crippen LogP contribution >= 0.6 is 11.3 Å². The quantitative estimate of drug-likeness (QED) is 0.718. The van der Waals surface area contributed by atoms with Gasteiger partial charge in [0, 0.05) is 31.2 Å². The molecule has 1 amide bonds. The zero-order valence-electron chi connectivity index (χ0n) is 11.3. The van der Waals surface area contributed by atoms with Crippen LogP contribution < -0.4 is 0 Å². The van der Waals surface area contributed by atoms with Gasteiger partial charge in [-0.05, 0) is 40.8 Å². The number of thiophene rings is 1. The lowest BCUT2D eigenvalue weighted by atomic mass is 10.0. The van der Waals surface area contributed by atoms with Gasteiger partial charge < -0.3 is 4.90 Å². The van der Waals surface area contributed by atoms with Crippen molar-refractivity contribution in [3.05, 3.63) is 53.5 Å². The van der Waals surface area contributed by atoms with Crippen molar-refractivity contribution in [1.82, 2.24) is 9.88 Å². The number of rotatable bonds is 2. The van der Waals surface area contributed by atoms with E-state index in [1.54, 1.807) is 30.3 Å². The van der Waals surface area contributed by atoms with Crippen molar-refractivity contribution in [3.8, 4) is 11.1 Å². The number of pyridine rings is 1. The average molecular weight is 282 g/mol. The minimum atomic E-state index is 0.0162. The number of nitrogens with zero attached hydrogens (tertiary/aromatic N) is 2. The highest BCUT2D eigenvalue weighted by atomic mass is 32.1. The number of carbonyl (C=O) groups excluding carboxylic acids is 1. The van der Waals surface area contributed by atoms with Gasteiger partial charge >= 0.3 is 0 Å². The Kier molecular flexibility index (Phi) is 3.24. The molecular formula is C16H14N2OS. The highest BCUT2D eigenvalue weighted by Gasteiger charge is 2.10. The lowest BCUT2D eigenvalue weighted by Gasteiger charge is -2.11. The van der Waals surface area contributed by atoms with Crippen molar-refractivity contribution < 1.29 is 4.79 Å². The van der Waals surface area contributed by atoms with E-state index in [1.165, 1.54) is 0 Å². The van der Waals surface area contributed by atoms with Crippen LogP contribution in [0.15, 0.2) is 48.0 Å². The highest BCUT2D eigenvalue weighted by molar-refractivity contribution is 7.16. The number of carbonyl (C=O) groups is 1. The number of hydrogen-bond donors (Lipinski definition) is 0. The average Bonchev–Trinajstić information content (AvgIpc) is 2.94. The van der Waals surface area contributed by atoms with Crippen LogP contribution in [0.25, 0.3) is 21.3 Å². The second-order valence-electron chi connectivity index (χ2n) is 4.78. The van der Waals surface area contributed by atoms with Gasteiger partial charge in [0.05, 0.1) is 0 Å². The minimum Gasteiger partial charge on any atom is -0.345 e. The van der Waals surface area contributed by atoms with Crippen LogP contribution in [0.2, 0.25) is 0 Å². The molecule has 0 radical (unpaired) electrons. The molecule has 3 nitrogen and oxygen atoms in total. The fraction of sp³-hybridized carbons (Fsp3) is 0.125. The van der Waals surface area contributed by atoms with Gasteiger partial charge in [0.25, 0.3) is 5.91 Å². The minimum absolute atomic E-state index is 0.0162. The predicted molar refractivity (Wildman–Crippen MR) is 83.1 cm³/mol. The van der Waals surface area contributed by atoms with Crippen molar-refractivity contribution in [2.45, 2.75) is 0 Å². The van der Waals surface area contributed by atoms with E-state index in [1.807, 2.05) is 41.9 Å². The van der Waals surface area contributed by atoms with Crippen LogP contribution in [0.1, 0.15) is 10.4 Å². The first-order valence-corrected chi connectivity index (χ1v) is 7.19. The third-order valence-electron chi connectivity index (χ3n) is 3.19. The fourth-order valence-corrected chi connectivity index (χ4v) is 2.96. The monoisotopic (exact) mass is 282 g/mol. The van der Waals surface area contributed by atoms with Crippen LogP contribution in [0.3, 0.4) is 0 Å². The summed E-state index contributed by atoms with van der Waals surface area (Å²) in [6.07, 6.45) is 1.81. The van der Waals surface area contributed by atoms with Gasteiger partial charge in [-0.25, -0.2) is 4.98 Å². The molecule has 0 bridgehead atoms. The van der Waals surface area contributed by atoms with Crippen molar-refractivity contribution in [1.29, 1.82) is 0 Å². The summed E-state index contributed by atoms with van der Waals surface area (Å²) in [4.78, 5) is 19.0. The Balaban J connectivity index is 2.13. The Hall–Kier alpha value is -2.20. The smallest absolute Gasteiger partial charge is 0.253 e. The molecule has 1 aromatic carbocycles. The molecule has 0 unspecified atom stereocenters. The first-order valence-electron chi connectivity index (χ1n) is 6.31. The van der Waals surface area contributed by atoms with E-state index < -0.39 is 0 Å². The van der Waals surface area contributed by atoms with Crippen molar-refractivity contribution in [3.63, 3.8) is 0 Å². The molecule has 0 fully saturated rings. The normalized spacial score (nSPS) is 10.7. The highest BCUT2D eigenvalue weighted by Crippen LogP contribution is 2.30. The molecule has 100 valence electrons.